The molecule has 1 aromatic heterocycles. The summed E-state index contributed by atoms with van der Waals surface area (Å²) < 4.78 is 2.04. The van der Waals surface area contributed by atoms with Crippen molar-refractivity contribution in [3.8, 4) is 0 Å². The largest absolute Gasteiger partial charge is 0.310 e. The number of rotatable bonds is 5. The van der Waals surface area contributed by atoms with Crippen molar-refractivity contribution >= 4 is 0 Å². The Labute approximate surface area is 109 Å². The lowest BCUT2D eigenvalue weighted by Gasteiger charge is -2.27. The van der Waals surface area contributed by atoms with Gasteiger partial charge in [-0.25, -0.2) is 4.68 Å². The molecule has 0 saturated heterocycles. The molecule has 5 heteroatoms. The molecule has 0 bridgehead atoms. The molecule has 1 aliphatic rings. The average Bonchev–Trinajstić information content (AvgIpc) is 2.77. The first-order valence-corrected chi connectivity index (χ1v) is 7.14. The fourth-order valence-corrected chi connectivity index (χ4v) is 2.71. The molecule has 0 spiro atoms. The lowest BCUT2D eigenvalue weighted by atomic mass is 9.87. The van der Waals surface area contributed by atoms with Crippen LogP contribution in [0.5, 0.6) is 0 Å². The highest BCUT2D eigenvalue weighted by molar-refractivity contribution is 4.86. The zero-order valence-electron chi connectivity index (χ0n) is 11.8. The number of aromatic nitrogens is 4. The Balaban J connectivity index is 1.94. The fraction of sp³-hybridized carbons (Fsp3) is 0.923. The van der Waals surface area contributed by atoms with Crippen LogP contribution in [0.25, 0.3) is 0 Å². The second kappa shape index (κ2) is 6.27. The summed E-state index contributed by atoms with van der Waals surface area (Å²) >= 11 is 0. The summed E-state index contributed by atoms with van der Waals surface area (Å²) in [6.07, 6.45) is 5.07. The summed E-state index contributed by atoms with van der Waals surface area (Å²) in [4.78, 5) is 0. The van der Waals surface area contributed by atoms with E-state index in [1.165, 1.54) is 25.7 Å². The van der Waals surface area contributed by atoms with Gasteiger partial charge in [0, 0.05) is 0 Å². The van der Waals surface area contributed by atoms with E-state index in [4.69, 9.17) is 0 Å². The van der Waals surface area contributed by atoms with Crippen LogP contribution in [-0.4, -0.2) is 26.8 Å². The molecule has 1 fully saturated rings. The standard InChI is InChI=1S/C13H25N5/c1-10(2)8-14-9-13-15-16-17-18(13)12-6-4-5-11(3)7-12/h10-12,14H,4-9H2,1-3H3. The van der Waals surface area contributed by atoms with Gasteiger partial charge in [0.15, 0.2) is 5.82 Å². The van der Waals surface area contributed by atoms with E-state index in [2.05, 4.69) is 41.6 Å². The highest BCUT2D eigenvalue weighted by Crippen LogP contribution is 2.31. The minimum Gasteiger partial charge on any atom is -0.310 e. The van der Waals surface area contributed by atoms with Crippen LogP contribution >= 0.6 is 0 Å². The summed E-state index contributed by atoms with van der Waals surface area (Å²) in [6.45, 7) is 8.52. The minimum absolute atomic E-state index is 0.500. The van der Waals surface area contributed by atoms with Gasteiger partial charge in [-0.15, -0.1) is 5.10 Å². The first kappa shape index (κ1) is 13.5. The van der Waals surface area contributed by atoms with Crippen LogP contribution in [0.4, 0.5) is 0 Å². The number of hydrogen-bond acceptors (Lipinski definition) is 4. The van der Waals surface area contributed by atoms with Gasteiger partial charge in [0.05, 0.1) is 12.6 Å². The third-order valence-corrected chi connectivity index (χ3v) is 3.65. The summed E-state index contributed by atoms with van der Waals surface area (Å²) in [6, 6.07) is 0.500. The third-order valence-electron chi connectivity index (χ3n) is 3.65. The molecule has 0 amide bonds. The van der Waals surface area contributed by atoms with Crippen molar-refractivity contribution in [1.29, 1.82) is 0 Å². The number of nitrogens with zero attached hydrogens (tertiary/aromatic N) is 4. The van der Waals surface area contributed by atoms with Gasteiger partial charge >= 0.3 is 0 Å². The van der Waals surface area contributed by atoms with E-state index >= 15 is 0 Å². The van der Waals surface area contributed by atoms with Gasteiger partial charge in [0.25, 0.3) is 0 Å². The van der Waals surface area contributed by atoms with Crippen LogP contribution in [0.3, 0.4) is 0 Å². The van der Waals surface area contributed by atoms with Gasteiger partial charge in [-0.1, -0.05) is 33.6 Å². The lowest BCUT2D eigenvalue weighted by Crippen LogP contribution is -2.25. The van der Waals surface area contributed by atoms with Crippen LogP contribution in [0, 0.1) is 11.8 Å². The predicted molar refractivity (Wildman–Crippen MR) is 71.0 cm³/mol. The number of hydrogen-bond donors (Lipinski definition) is 1. The van der Waals surface area contributed by atoms with Crippen LogP contribution in [0.1, 0.15) is 58.3 Å². The summed E-state index contributed by atoms with van der Waals surface area (Å²) in [7, 11) is 0. The van der Waals surface area contributed by atoms with Crippen LogP contribution in [-0.2, 0) is 6.54 Å². The van der Waals surface area contributed by atoms with E-state index in [-0.39, 0.29) is 0 Å². The van der Waals surface area contributed by atoms with Gasteiger partial charge in [0.2, 0.25) is 0 Å². The van der Waals surface area contributed by atoms with Crippen molar-refractivity contribution in [2.24, 2.45) is 11.8 Å². The SMILES string of the molecule is CC(C)CNCc1nnnn1C1CCCC(C)C1. The zero-order chi connectivity index (χ0) is 13.0. The maximum absolute atomic E-state index is 4.19. The van der Waals surface area contributed by atoms with Gasteiger partial charge in [-0.05, 0) is 41.6 Å². The second-order valence-corrected chi connectivity index (χ2v) is 5.99. The molecule has 1 aromatic rings. The van der Waals surface area contributed by atoms with Gasteiger partial charge < -0.3 is 5.32 Å². The molecule has 0 radical (unpaired) electrons. The van der Waals surface area contributed by atoms with E-state index in [1.54, 1.807) is 0 Å². The highest BCUT2D eigenvalue weighted by atomic mass is 15.6. The smallest absolute Gasteiger partial charge is 0.165 e. The molecule has 2 unspecified atom stereocenters. The van der Waals surface area contributed by atoms with E-state index in [0.717, 1.165) is 24.8 Å². The molecule has 102 valence electrons. The molecule has 1 N–H and O–H groups in total. The maximum Gasteiger partial charge on any atom is 0.165 e. The molecule has 5 nitrogen and oxygen atoms in total. The Bertz CT molecular complexity index is 360. The molecular weight excluding hydrogens is 226 g/mol. The molecule has 2 atom stereocenters. The molecule has 2 rings (SSSR count). The van der Waals surface area contributed by atoms with Crippen LogP contribution in [0.2, 0.25) is 0 Å². The van der Waals surface area contributed by atoms with Crippen molar-refractivity contribution in [1.82, 2.24) is 25.5 Å². The average molecular weight is 251 g/mol. The van der Waals surface area contributed by atoms with E-state index in [9.17, 15) is 0 Å². The Morgan fingerprint density at radius 1 is 1.39 bits per heavy atom. The third kappa shape index (κ3) is 3.51. The first-order chi connectivity index (χ1) is 8.66. The van der Waals surface area contributed by atoms with Gasteiger partial charge in [0.1, 0.15) is 0 Å². The van der Waals surface area contributed by atoms with E-state index in [0.29, 0.717) is 12.0 Å². The van der Waals surface area contributed by atoms with Crippen LogP contribution in [0.15, 0.2) is 0 Å². The molecular formula is C13H25N5. The number of nitrogens with one attached hydrogen (secondary N) is 1. The first-order valence-electron chi connectivity index (χ1n) is 7.14. The van der Waals surface area contributed by atoms with E-state index in [1.807, 2.05) is 4.68 Å². The fourth-order valence-electron chi connectivity index (χ4n) is 2.71. The molecule has 0 aliphatic heterocycles. The number of tetrazole rings is 1. The molecule has 1 saturated carbocycles. The molecule has 0 aromatic carbocycles. The highest BCUT2D eigenvalue weighted by Gasteiger charge is 2.23. The maximum atomic E-state index is 4.19. The normalized spacial score (nSPS) is 24.7. The van der Waals surface area contributed by atoms with E-state index < -0.39 is 0 Å². The van der Waals surface area contributed by atoms with Gasteiger partial charge in [-0.3, -0.25) is 0 Å². The minimum atomic E-state index is 0.500. The molecule has 1 aliphatic carbocycles. The predicted octanol–water partition coefficient (Wildman–Crippen LogP) is 2.17. The van der Waals surface area contributed by atoms with Crippen molar-refractivity contribution in [3.63, 3.8) is 0 Å². The van der Waals surface area contributed by atoms with Crippen molar-refractivity contribution in [2.75, 3.05) is 6.54 Å². The summed E-state index contributed by atoms with van der Waals surface area (Å²) in [5, 5.41) is 15.6. The Kier molecular flexibility index (Phi) is 4.69. The monoisotopic (exact) mass is 251 g/mol. The van der Waals surface area contributed by atoms with Gasteiger partial charge in [-0.2, -0.15) is 0 Å². The van der Waals surface area contributed by atoms with Crippen molar-refractivity contribution < 1.29 is 0 Å². The topological polar surface area (TPSA) is 55.6 Å². The Morgan fingerprint density at radius 3 is 2.94 bits per heavy atom. The molecule has 1 heterocycles. The lowest BCUT2D eigenvalue weighted by molar-refractivity contribution is 0.257. The zero-order valence-corrected chi connectivity index (χ0v) is 11.8. The molecule has 18 heavy (non-hydrogen) atoms. The van der Waals surface area contributed by atoms with Crippen molar-refractivity contribution in [2.45, 2.75) is 59.0 Å². The Hall–Kier alpha value is -0.970. The van der Waals surface area contributed by atoms with Crippen LogP contribution < -0.4 is 5.32 Å². The van der Waals surface area contributed by atoms with Crippen molar-refractivity contribution in [3.05, 3.63) is 5.82 Å². The summed E-state index contributed by atoms with van der Waals surface area (Å²) in [5.41, 5.74) is 0. The summed E-state index contributed by atoms with van der Waals surface area (Å²) in [5.74, 6) is 2.43. The quantitative estimate of drug-likeness (QED) is 0.871. The second-order valence-electron chi connectivity index (χ2n) is 5.99. The Morgan fingerprint density at radius 2 is 2.22 bits per heavy atom.